The first kappa shape index (κ1) is 13.4. The molecule has 0 spiro atoms. The van der Waals surface area contributed by atoms with Crippen molar-refractivity contribution in [2.75, 3.05) is 11.9 Å². The number of aryl methyl sites for hydroxylation is 1. The summed E-state index contributed by atoms with van der Waals surface area (Å²) in [4.78, 5) is 11.7. The number of ether oxygens (including phenoxy) is 1. The second kappa shape index (κ2) is 6.25. The van der Waals surface area contributed by atoms with Gasteiger partial charge in [-0.05, 0) is 48.9 Å². The molecule has 0 heterocycles. The Morgan fingerprint density at radius 3 is 2.63 bits per heavy atom. The molecule has 0 aromatic heterocycles. The number of carbonyl (C=O) groups excluding carboxylic acids is 1. The SMILES string of the molecule is Cc1cccc(OCC(=O)Nc2ccc(Cl)cc2)c1. The van der Waals surface area contributed by atoms with E-state index in [4.69, 9.17) is 16.3 Å². The van der Waals surface area contributed by atoms with Crippen LogP contribution >= 0.6 is 11.6 Å². The summed E-state index contributed by atoms with van der Waals surface area (Å²) in [6.07, 6.45) is 0. The molecule has 2 aromatic carbocycles. The average molecular weight is 276 g/mol. The van der Waals surface area contributed by atoms with E-state index in [1.54, 1.807) is 24.3 Å². The Labute approximate surface area is 117 Å². The van der Waals surface area contributed by atoms with Gasteiger partial charge in [0.05, 0.1) is 0 Å². The van der Waals surface area contributed by atoms with E-state index in [1.165, 1.54) is 0 Å². The summed E-state index contributed by atoms with van der Waals surface area (Å²) < 4.78 is 5.41. The molecule has 2 rings (SSSR count). The van der Waals surface area contributed by atoms with Crippen LogP contribution in [0.4, 0.5) is 5.69 Å². The number of carbonyl (C=O) groups is 1. The highest BCUT2D eigenvalue weighted by Crippen LogP contribution is 2.14. The molecule has 19 heavy (non-hydrogen) atoms. The van der Waals surface area contributed by atoms with Gasteiger partial charge in [-0.15, -0.1) is 0 Å². The van der Waals surface area contributed by atoms with E-state index < -0.39 is 0 Å². The Bertz CT molecular complexity index is 567. The lowest BCUT2D eigenvalue weighted by molar-refractivity contribution is -0.118. The lowest BCUT2D eigenvalue weighted by atomic mass is 10.2. The summed E-state index contributed by atoms with van der Waals surface area (Å²) in [5.74, 6) is 0.482. The molecule has 0 bridgehead atoms. The van der Waals surface area contributed by atoms with Crippen molar-refractivity contribution < 1.29 is 9.53 Å². The van der Waals surface area contributed by atoms with Crippen molar-refractivity contribution in [3.63, 3.8) is 0 Å². The van der Waals surface area contributed by atoms with E-state index in [0.717, 1.165) is 5.56 Å². The van der Waals surface area contributed by atoms with Gasteiger partial charge in [-0.3, -0.25) is 4.79 Å². The monoisotopic (exact) mass is 275 g/mol. The first-order valence-electron chi connectivity index (χ1n) is 5.88. The normalized spacial score (nSPS) is 10.0. The highest BCUT2D eigenvalue weighted by Gasteiger charge is 2.03. The largest absolute Gasteiger partial charge is 0.484 e. The van der Waals surface area contributed by atoms with Crippen molar-refractivity contribution in [3.05, 3.63) is 59.1 Å². The summed E-state index contributed by atoms with van der Waals surface area (Å²) in [5, 5.41) is 3.36. The van der Waals surface area contributed by atoms with E-state index in [9.17, 15) is 4.79 Å². The molecular formula is C15H14ClNO2. The van der Waals surface area contributed by atoms with Gasteiger partial charge in [-0.25, -0.2) is 0 Å². The molecule has 0 aliphatic carbocycles. The minimum Gasteiger partial charge on any atom is -0.484 e. The maximum absolute atomic E-state index is 11.7. The molecule has 1 amide bonds. The van der Waals surface area contributed by atoms with Crippen LogP contribution < -0.4 is 10.1 Å². The third kappa shape index (κ3) is 4.30. The number of rotatable bonds is 4. The second-order valence-electron chi connectivity index (χ2n) is 4.16. The Hall–Kier alpha value is -2.00. The van der Waals surface area contributed by atoms with E-state index >= 15 is 0 Å². The molecule has 0 aliphatic heterocycles. The van der Waals surface area contributed by atoms with Gasteiger partial charge in [0.15, 0.2) is 6.61 Å². The summed E-state index contributed by atoms with van der Waals surface area (Å²) in [6.45, 7) is 1.95. The van der Waals surface area contributed by atoms with Gasteiger partial charge in [0.25, 0.3) is 5.91 Å². The van der Waals surface area contributed by atoms with Crippen LogP contribution in [-0.2, 0) is 4.79 Å². The fourth-order valence-corrected chi connectivity index (χ4v) is 1.71. The highest BCUT2D eigenvalue weighted by molar-refractivity contribution is 6.30. The average Bonchev–Trinajstić information content (AvgIpc) is 2.39. The van der Waals surface area contributed by atoms with Gasteiger partial charge in [0.1, 0.15) is 5.75 Å². The van der Waals surface area contributed by atoms with Crippen molar-refractivity contribution in [3.8, 4) is 5.75 Å². The van der Waals surface area contributed by atoms with Gasteiger partial charge < -0.3 is 10.1 Å². The van der Waals surface area contributed by atoms with Crippen molar-refractivity contribution in [2.45, 2.75) is 6.92 Å². The van der Waals surface area contributed by atoms with Crippen LogP contribution in [-0.4, -0.2) is 12.5 Å². The van der Waals surface area contributed by atoms with Crippen LogP contribution in [0.5, 0.6) is 5.75 Å². The molecule has 0 atom stereocenters. The second-order valence-corrected chi connectivity index (χ2v) is 4.60. The zero-order valence-corrected chi connectivity index (χ0v) is 11.3. The molecule has 0 saturated heterocycles. The molecule has 0 saturated carbocycles. The molecule has 0 aliphatic rings. The van der Waals surface area contributed by atoms with Crippen LogP contribution in [0.1, 0.15) is 5.56 Å². The predicted molar refractivity (Wildman–Crippen MR) is 76.8 cm³/mol. The molecular weight excluding hydrogens is 262 g/mol. The highest BCUT2D eigenvalue weighted by atomic mass is 35.5. The number of anilines is 1. The van der Waals surface area contributed by atoms with Gasteiger partial charge >= 0.3 is 0 Å². The summed E-state index contributed by atoms with van der Waals surface area (Å²) >= 11 is 5.77. The molecule has 0 fully saturated rings. The molecule has 98 valence electrons. The Kier molecular flexibility index (Phi) is 4.42. The summed E-state index contributed by atoms with van der Waals surface area (Å²) in [7, 11) is 0. The topological polar surface area (TPSA) is 38.3 Å². The zero-order chi connectivity index (χ0) is 13.7. The number of nitrogens with one attached hydrogen (secondary N) is 1. The van der Waals surface area contributed by atoms with Crippen LogP contribution in [0.15, 0.2) is 48.5 Å². The molecule has 2 aromatic rings. The fourth-order valence-electron chi connectivity index (χ4n) is 1.58. The number of hydrogen-bond acceptors (Lipinski definition) is 2. The van der Waals surface area contributed by atoms with E-state index in [-0.39, 0.29) is 12.5 Å². The van der Waals surface area contributed by atoms with Crippen molar-refractivity contribution in [1.29, 1.82) is 0 Å². The standard InChI is InChI=1S/C15H14ClNO2/c1-11-3-2-4-14(9-11)19-10-15(18)17-13-7-5-12(16)6-8-13/h2-9H,10H2,1H3,(H,17,18). The Balaban J connectivity index is 1.86. The van der Waals surface area contributed by atoms with Crippen LogP contribution in [0.25, 0.3) is 0 Å². The van der Waals surface area contributed by atoms with Gasteiger partial charge in [0.2, 0.25) is 0 Å². The van der Waals surface area contributed by atoms with Gasteiger partial charge in [-0.2, -0.15) is 0 Å². The molecule has 4 heteroatoms. The zero-order valence-electron chi connectivity index (χ0n) is 10.5. The van der Waals surface area contributed by atoms with Gasteiger partial charge in [-0.1, -0.05) is 23.7 Å². The quantitative estimate of drug-likeness (QED) is 0.925. The lowest BCUT2D eigenvalue weighted by Gasteiger charge is -2.08. The number of benzene rings is 2. The van der Waals surface area contributed by atoms with E-state index in [2.05, 4.69) is 5.32 Å². The van der Waals surface area contributed by atoms with Crippen LogP contribution in [0.3, 0.4) is 0 Å². The first-order valence-corrected chi connectivity index (χ1v) is 6.26. The third-order valence-corrected chi connectivity index (χ3v) is 2.74. The summed E-state index contributed by atoms with van der Waals surface area (Å²) in [5.41, 5.74) is 1.79. The maximum Gasteiger partial charge on any atom is 0.262 e. The lowest BCUT2D eigenvalue weighted by Crippen LogP contribution is -2.20. The first-order chi connectivity index (χ1) is 9.13. The molecule has 0 radical (unpaired) electrons. The minimum atomic E-state index is -0.205. The predicted octanol–water partition coefficient (Wildman–Crippen LogP) is 3.67. The van der Waals surface area contributed by atoms with Gasteiger partial charge in [0, 0.05) is 10.7 Å². The van der Waals surface area contributed by atoms with E-state index in [1.807, 2.05) is 31.2 Å². The number of halogens is 1. The van der Waals surface area contributed by atoms with Crippen molar-refractivity contribution in [1.82, 2.24) is 0 Å². The molecule has 3 nitrogen and oxygen atoms in total. The third-order valence-electron chi connectivity index (χ3n) is 2.49. The smallest absolute Gasteiger partial charge is 0.262 e. The Morgan fingerprint density at radius 2 is 1.95 bits per heavy atom. The fraction of sp³-hybridized carbons (Fsp3) is 0.133. The van der Waals surface area contributed by atoms with Crippen LogP contribution in [0.2, 0.25) is 5.02 Å². The summed E-state index contributed by atoms with van der Waals surface area (Å²) in [6, 6.07) is 14.5. The molecule has 1 N–H and O–H groups in total. The Morgan fingerprint density at radius 1 is 1.21 bits per heavy atom. The number of hydrogen-bond donors (Lipinski definition) is 1. The molecule has 0 unspecified atom stereocenters. The minimum absolute atomic E-state index is 0.0217. The van der Waals surface area contributed by atoms with Crippen molar-refractivity contribution >= 4 is 23.2 Å². The van der Waals surface area contributed by atoms with E-state index in [0.29, 0.717) is 16.5 Å². The number of amides is 1. The maximum atomic E-state index is 11.7. The van der Waals surface area contributed by atoms with Crippen LogP contribution in [0, 0.1) is 6.92 Å². The van der Waals surface area contributed by atoms with Crippen molar-refractivity contribution in [2.24, 2.45) is 0 Å².